The van der Waals surface area contributed by atoms with Crippen LogP contribution in [0.4, 0.5) is 4.39 Å². The molecule has 0 aliphatic heterocycles. The summed E-state index contributed by atoms with van der Waals surface area (Å²) < 4.78 is 38.2. The van der Waals surface area contributed by atoms with E-state index >= 15 is 0 Å². The van der Waals surface area contributed by atoms with E-state index in [1.165, 1.54) is 16.4 Å². The molecule has 1 aliphatic carbocycles. The Labute approximate surface area is 99.3 Å². The lowest BCUT2D eigenvalue weighted by Gasteiger charge is -2.18. The molecule has 0 N–H and O–H groups in total. The zero-order valence-electron chi connectivity index (χ0n) is 9.01. The van der Waals surface area contributed by atoms with Crippen molar-refractivity contribution in [3.63, 3.8) is 0 Å². The highest BCUT2D eigenvalue weighted by Crippen LogP contribution is 2.31. The van der Waals surface area contributed by atoms with Crippen LogP contribution >= 0.6 is 0 Å². The highest BCUT2D eigenvalue weighted by Gasteiger charge is 2.37. The van der Waals surface area contributed by atoms with Gasteiger partial charge in [0, 0.05) is 6.04 Å². The second kappa shape index (κ2) is 4.43. The largest absolute Gasteiger partial charge is 0.244 e. The van der Waals surface area contributed by atoms with Gasteiger partial charge in [-0.25, -0.2) is 12.8 Å². The van der Waals surface area contributed by atoms with Gasteiger partial charge in [-0.1, -0.05) is 0 Å². The minimum absolute atomic E-state index is 0.0288. The quantitative estimate of drug-likeness (QED) is 0.765. The molecule has 0 aromatic heterocycles. The SMILES string of the molecule is N#CCN(C1CC1)S(=O)(=O)c1ccc(F)cc1. The molecule has 1 aromatic rings. The van der Waals surface area contributed by atoms with Crippen molar-refractivity contribution < 1.29 is 12.8 Å². The van der Waals surface area contributed by atoms with E-state index in [9.17, 15) is 12.8 Å². The van der Waals surface area contributed by atoms with Crippen LogP contribution < -0.4 is 0 Å². The molecule has 0 heterocycles. The van der Waals surface area contributed by atoms with Gasteiger partial charge in [-0.05, 0) is 37.1 Å². The minimum atomic E-state index is -3.67. The molecule has 0 spiro atoms. The Bertz CT molecular complexity index is 544. The van der Waals surface area contributed by atoms with E-state index in [0.29, 0.717) is 0 Å². The van der Waals surface area contributed by atoms with E-state index in [0.717, 1.165) is 25.0 Å². The van der Waals surface area contributed by atoms with Gasteiger partial charge in [0.15, 0.2) is 0 Å². The summed E-state index contributed by atoms with van der Waals surface area (Å²) in [6.45, 7) is -0.162. The molecule has 1 fully saturated rings. The third-order valence-electron chi connectivity index (χ3n) is 2.60. The molecule has 1 aliphatic rings. The number of nitriles is 1. The second-order valence-corrected chi connectivity index (χ2v) is 5.78. The summed E-state index contributed by atoms with van der Waals surface area (Å²) in [4.78, 5) is 0.0288. The summed E-state index contributed by atoms with van der Waals surface area (Å²) in [6, 6.07) is 6.41. The first kappa shape index (κ1) is 12.0. The van der Waals surface area contributed by atoms with Crippen LogP contribution in [0.15, 0.2) is 29.2 Å². The molecule has 2 rings (SSSR count). The van der Waals surface area contributed by atoms with Gasteiger partial charge in [0.2, 0.25) is 10.0 Å². The first-order valence-electron chi connectivity index (χ1n) is 5.20. The van der Waals surface area contributed by atoms with Crippen LogP contribution in [0.1, 0.15) is 12.8 Å². The maximum absolute atomic E-state index is 12.7. The molecular weight excluding hydrogens is 243 g/mol. The average molecular weight is 254 g/mol. The van der Waals surface area contributed by atoms with Gasteiger partial charge in [-0.3, -0.25) is 0 Å². The minimum Gasteiger partial charge on any atom is -0.207 e. The van der Waals surface area contributed by atoms with Crippen LogP contribution in [0.25, 0.3) is 0 Å². The van der Waals surface area contributed by atoms with E-state index < -0.39 is 15.8 Å². The van der Waals surface area contributed by atoms with Crippen molar-refractivity contribution in [2.45, 2.75) is 23.8 Å². The maximum Gasteiger partial charge on any atom is 0.244 e. The van der Waals surface area contributed by atoms with Crippen molar-refractivity contribution in [1.29, 1.82) is 5.26 Å². The number of hydrogen-bond donors (Lipinski definition) is 0. The van der Waals surface area contributed by atoms with Crippen molar-refractivity contribution in [2.24, 2.45) is 0 Å². The standard InChI is InChI=1S/C11H11FN2O2S/c12-9-1-5-11(6-2-9)17(15,16)14(8-7-13)10-3-4-10/h1-2,5-6,10H,3-4,8H2. The molecule has 6 heteroatoms. The van der Waals surface area contributed by atoms with Gasteiger partial charge < -0.3 is 0 Å². The molecule has 0 atom stereocenters. The molecule has 0 saturated heterocycles. The monoisotopic (exact) mass is 254 g/mol. The zero-order chi connectivity index (χ0) is 12.5. The van der Waals surface area contributed by atoms with Gasteiger partial charge >= 0.3 is 0 Å². The number of sulfonamides is 1. The molecule has 0 amide bonds. The third-order valence-corrected chi connectivity index (χ3v) is 4.51. The van der Waals surface area contributed by atoms with Crippen molar-refractivity contribution >= 4 is 10.0 Å². The Kier molecular flexibility index (Phi) is 3.13. The molecule has 0 unspecified atom stereocenters. The third kappa shape index (κ3) is 2.46. The Hall–Kier alpha value is -1.45. The number of nitrogens with zero attached hydrogens (tertiary/aromatic N) is 2. The van der Waals surface area contributed by atoms with Crippen molar-refractivity contribution in [3.8, 4) is 6.07 Å². The van der Waals surface area contributed by atoms with Gasteiger partial charge in [-0.2, -0.15) is 9.57 Å². The summed E-state index contributed by atoms with van der Waals surface area (Å²) >= 11 is 0. The lowest BCUT2D eigenvalue weighted by molar-refractivity contribution is 0.438. The Balaban J connectivity index is 2.34. The molecule has 17 heavy (non-hydrogen) atoms. The first-order chi connectivity index (χ1) is 8.05. The molecule has 90 valence electrons. The number of hydrogen-bond acceptors (Lipinski definition) is 3. The van der Waals surface area contributed by atoms with Crippen LogP contribution in [0, 0.1) is 17.1 Å². The number of rotatable bonds is 4. The summed E-state index contributed by atoms with van der Waals surface area (Å²) in [5.74, 6) is -0.484. The summed E-state index contributed by atoms with van der Waals surface area (Å²) in [6.07, 6.45) is 1.56. The normalized spacial score (nSPS) is 15.8. The maximum atomic E-state index is 12.7. The van der Waals surface area contributed by atoms with Gasteiger partial charge in [0.25, 0.3) is 0 Å². The van der Waals surface area contributed by atoms with Crippen LogP contribution in [-0.4, -0.2) is 25.3 Å². The predicted octanol–water partition coefficient (Wildman–Crippen LogP) is 1.50. The molecular formula is C11H11FN2O2S. The second-order valence-electron chi connectivity index (χ2n) is 3.89. The Morgan fingerprint density at radius 1 is 1.35 bits per heavy atom. The van der Waals surface area contributed by atoms with Crippen molar-refractivity contribution in [3.05, 3.63) is 30.1 Å². The van der Waals surface area contributed by atoms with E-state index in [-0.39, 0.29) is 17.5 Å². The smallest absolute Gasteiger partial charge is 0.207 e. The predicted molar refractivity (Wildman–Crippen MR) is 58.9 cm³/mol. The lowest BCUT2D eigenvalue weighted by atomic mass is 10.4. The fraction of sp³-hybridized carbons (Fsp3) is 0.364. The van der Waals surface area contributed by atoms with E-state index in [2.05, 4.69) is 0 Å². The summed E-state index contributed by atoms with van der Waals surface area (Å²) in [5.41, 5.74) is 0. The average Bonchev–Trinajstić information content (AvgIpc) is 3.10. The highest BCUT2D eigenvalue weighted by molar-refractivity contribution is 7.89. The molecule has 1 aromatic carbocycles. The van der Waals surface area contributed by atoms with Crippen molar-refractivity contribution in [1.82, 2.24) is 4.31 Å². The molecule has 0 radical (unpaired) electrons. The van der Waals surface area contributed by atoms with Crippen LogP contribution in [-0.2, 0) is 10.0 Å². The van der Waals surface area contributed by atoms with Gasteiger partial charge in [-0.15, -0.1) is 0 Å². The lowest BCUT2D eigenvalue weighted by Crippen LogP contribution is -2.33. The van der Waals surface area contributed by atoms with Crippen molar-refractivity contribution in [2.75, 3.05) is 6.54 Å². The van der Waals surface area contributed by atoms with Gasteiger partial charge in [0.05, 0.1) is 11.0 Å². The summed E-state index contributed by atoms with van der Waals surface area (Å²) in [5, 5.41) is 8.65. The number of benzene rings is 1. The molecule has 1 saturated carbocycles. The summed E-state index contributed by atoms with van der Waals surface area (Å²) in [7, 11) is -3.67. The van der Waals surface area contributed by atoms with Crippen LogP contribution in [0.5, 0.6) is 0 Å². The van der Waals surface area contributed by atoms with Gasteiger partial charge in [0.1, 0.15) is 12.4 Å². The fourth-order valence-electron chi connectivity index (χ4n) is 1.58. The molecule has 4 nitrogen and oxygen atoms in total. The van der Waals surface area contributed by atoms with E-state index in [1.54, 1.807) is 0 Å². The van der Waals surface area contributed by atoms with E-state index in [1.807, 2.05) is 6.07 Å². The van der Waals surface area contributed by atoms with Crippen LogP contribution in [0.2, 0.25) is 0 Å². The fourth-order valence-corrected chi connectivity index (χ4v) is 3.17. The highest BCUT2D eigenvalue weighted by atomic mass is 32.2. The Morgan fingerprint density at radius 2 is 1.94 bits per heavy atom. The zero-order valence-corrected chi connectivity index (χ0v) is 9.82. The number of halogens is 1. The topological polar surface area (TPSA) is 61.2 Å². The van der Waals surface area contributed by atoms with Crippen LogP contribution in [0.3, 0.4) is 0 Å². The molecule has 0 bridgehead atoms. The Morgan fingerprint density at radius 3 is 2.41 bits per heavy atom. The first-order valence-corrected chi connectivity index (χ1v) is 6.64. The van der Waals surface area contributed by atoms with E-state index in [4.69, 9.17) is 5.26 Å².